The van der Waals surface area contributed by atoms with E-state index in [9.17, 15) is 18.0 Å². The molecule has 1 saturated heterocycles. The third kappa shape index (κ3) is 3.24. The fraction of sp³-hybridized carbons (Fsp3) is 0.636. The zero-order valence-corrected chi connectivity index (χ0v) is 9.70. The molecule has 1 unspecified atom stereocenters. The number of hydrogen-bond acceptors (Lipinski definition) is 2. The van der Waals surface area contributed by atoms with Crippen molar-refractivity contribution in [2.45, 2.75) is 25.4 Å². The van der Waals surface area contributed by atoms with Crippen LogP contribution in [-0.4, -0.2) is 40.0 Å². The molecule has 1 fully saturated rings. The van der Waals surface area contributed by atoms with E-state index < -0.39 is 18.5 Å². The molecule has 1 aliphatic rings. The van der Waals surface area contributed by atoms with Gasteiger partial charge in [0.2, 0.25) is 0 Å². The normalized spacial score (nSPS) is 21.1. The Morgan fingerprint density at radius 2 is 2.33 bits per heavy atom. The SMILES string of the molecule is O=C(c1ncc[nH]1)N1CCCC(CC(F)(F)F)C1. The number of aromatic amines is 1. The zero-order chi connectivity index (χ0) is 13.2. The van der Waals surface area contributed by atoms with Gasteiger partial charge in [-0.15, -0.1) is 0 Å². The van der Waals surface area contributed by atoms with Crippen LogP contribution in [0.15, 0.2) is 12.4 Å². The molecule has 0 aliphatic carbocycles. The summed E-state index contributed by atoms with van der Waals surface area (Å²) in [4.78, 5) is 19.9. The lowest BCUT2D eigenvalue weighted by Gasteiger charge is -2.32. The Hall–Kier alpha value is -1.53. The molecule has 2 heterocycles. The van der Waals surface area contributed by atoms with Gasteiger partial charge in [-0.1, -0.05) is 0 Å². The number of rotatable bonds is 2. The number of piperidine rings is 1. The molecule has 4 nitrogen and oxygen atoms in total. The summed E-state index contributed by atoms with van der Waals surface area (Å²) >= 11 is 0. The lowest BCUT2D eigenvalue weighted by molar-refractivity contribution is -0.147. The average molecular weight is 261 g/mol. The smallest absolute Gasteiger partial charge is 0.341 e. The molecule has 0 spiro atoms. The van der Waals surface area contributed by atoms with Crippen LogP contribution in [0.5, 0.6) is 0 Å². The van der Waals surface area contributed by atoms with Gasteiger partial charge in [-0.25, -0.2) is 4.98 Å². The Morgan fingerprint density at radius 3 is 2.94 bits per heavy atom. The van der Waals surface area contributed by atoms with Crippen LogP contribution in [0.3, 0.4) is 0 Å². The number of carbonyl (C=O) groups is 1. The van der Waals surface area contributed by atoms with Gasteiger partial charge in [0.25, 0.3) is 5.91 Å². The molecule has 0 aromatic carbocycles. The summed E-state index contributed by atoms with van der Waals surface area (Å²) in [7, 11) is 0. The summed E-state index contributed by atoms with van der Waals surface area (Å²) in [6.45, 7) is 0.646. The lowest BCUT2D eigenvalue weighted by Crippen LogP contribution is -2.41. The number of H-pyrrole nitrogens is 1. The molecule has 0 radical (unpaired) electrons. The zero-order valence-electron chi connectivity index (χ0n) is 9.70. The van der Waals surface area contributed by atoms with Crippen LogP contribution in [-0.2, 0) is 0 Å². The van der Waals surface area contributed by atoms with Gasteiger partial charge in [-0.2, -0.15) is 13.2 Å². The number of aromatic nitrogens is 2. The second-order valence-corrected chi connectivity index (χ2v) is 4.52. The molecule has 1 aromatic rings. The fourth-order valence-corrected chi connectivity index (χ4v) is 2.28. The van der Waals surface area contributed by atoms with E-state index in [-0.39, 0.29) is 18.3 Å². The number of nitrogens with one attached hydrogen (secondary N) is 1. The highest BCUT2D eigenvalue weighted by Gasteiger charge is 2.35. The maximum atomic E-state index is 12.3. The molecule has 2 rings (SSSR count). The number of likely N-dealkylation sites (tertiary alicyclic amines) is 1. The largest absolute Gasteiger partial charge is 0.389 e. The monoisotopic (exact) mass is 261 g/mol. The van der Waals surface area contributed by atoms with Gasteiger partial charge in [-0.3, -0.25) is 4.79 Å². The molecular weight excluding hydrogens is 247 g/mol. The molecule has 1 amide bonds. The van der Waals surface area contributed by atoms with Gasteiger partial charge < -0.3 is 9.88 Å². The third-order valence-electron chi connectivity index (χ3n) is 3.03. The van der Waals surface area contributed by atoms with Crippen LogP contribution in [0.25, 0.3) is 0 Å². The van der Waals surface area contributed by atoms with E-state index in [0.29, 0.717) is 19.4 Å². The first-order chi connectivity index (χ1) is 8.46. The molecule has 0 saturated carbocycles. The second-order valence-electron chi connectivity index (χ2n) is 4.52. The molecule has 7 heteroatoms. The number of alkyl halides is 3. The Kier molecular flexibility index (Phi) is 3.58. The Bertz CT molecular complexity index is 402. The number of halogens is 3. The molecule has 1 aromatic heterocycles. The maximum Gasteiger partial charge on any atom is 0.389 e. The van der Waals surface area contributed by atoms with E-state index in [1.807, 2.05) is 0 Å². The van der Waals surface area contributed by atoms with Gasteiger partial charge >= 0.3 is 6.18 Å². The molecule has 18 heavy (non-hydrogen) atoms. The van der Waals surface area contributed by atoms with Crippen LogP contribution in [0.1, 0.15) is 29.9 Å². The van der Waals surface area contributed by atoms with Crippen molar-refractivity contribution in [2.75, 3.05) is 13.1 Å². The van der Waals surface area contributed by atoms with Crippen molar-refractivity contribution in [1.29, 1.82) is 0 Å². The summed E-state index contributed by atoms with van der Waals surface area (Å²) in [5, 5.41) is 0. The van der Waals surface area contributed by atoms with Crippen LogP contribution in [0, 0.1) is 5.92 Å². The van der Waals surface area contributed by atoms with E-state index in [1.54, 1.807) is 0 Å². The first-order valence-electron chi connectivity index (χ1n) is 5.81. The van der Waals surface area contributed by atoms with Gasteiger partial charge in [-0.05, 0) is 18.8 Å². The molecule has 0 bridgehead atoms. The molecular formula is C11H14F3N3O. The summed E-state index contributed by atoms with van der Waals surface area (Å²) in [5.74, 6) is -0.646. The lowest BCUT2D eigenvalue weighted by atomic mass is 9.94. The summed E-state index contributed by atoms with van der Waals surface area (Å²) in [5.41, 5.74) is 0. The second kappa shape index (κ2) is 4.99. The number of hydrogen-bond donors (Lipinski definition) is 1. The minimum Gasteiger partial charge on any atom is -0.341 e. The average Bonchev–Trinajstić information content (AvgIpc) is 2.79. The highest BCUT2D eigenvalue weighted by atomic mass is 19.4. The van der Waals surface area contributed by atoms with E-state index in [4.69, 9.17) is 0 Å². The van der Waals surface area contributed by atoms with Gasteiger partial charge in [0, 0.05) is 31.9 Å². The van der Waals surface area contributed by atoms with E-state index in [1.165, 1.54) is 17.3 Å². The first kappa shape index (κ1) is 12.9. The third-order valence-corrected chi connectivity index (χ3v) is 3.03. The number of carbonyl (C=O) groups excluding carboxylic acids is 1. The van der Waals surface area contributed by atoms with E-state index in [2.05, 4.69) is 9.97 Å². The first-order valence-corrected chi connectivity index (χ1v) is 5.81. The maximum absolute atomic E-state index is 12.3. The predicted octanol–water partition coefficient (Wildman–Crippen LogP) is 2.21. The standard InChI is InChI=1S/C11H14F3N3O/c12-11(13,14)6-8-2-1-5-17(7-8)10(18)9-15-3-4-16-9/h3-4,8H,1-2,5-7H2,(H,15,16). The molecule has 1 atom stereocenters. The fourth-order valence-electron chi connectivity index (χ4n) is 2.28. The van der Waals surface area contributed by atoms with Crippen LogP contribution in [0.4, 0.5) is 13.2 Å². The summed E-state index contributed by atoms with van der Waals surface area (Å²) < 4.78 is 37.0. The summed E-state index contributed by atoms with van der Waals surface area (Å²) in [6, 6.07) is 0. The van der Waals surface area contributed by atoms with Crippen LogP contribution >= 0.6 is 0 Å². The van der Waals surface area contributed by atoms with Crippen LogP contribution in [0.2, 0.25) is 0 Å². The number of nitrogens with zero attached hydrogens (tertiary/aromatic N) is 2. The Balaban J connectivity index is 1.96. The molecule has 1 aliphatic heterocycles. The predicted molar refractivity (Wildman–Crippen MR) is 57.9 cm³/mol. The van der Waals surface area contributed by atoms with E-state index in [0.717, 1.165) is 0 Å². The van der Waals surface area contributed by atoms with Gasteiger partial charge in [0.1, 0.15) is 0 Å². The van der Waals surface area contributed by atoms with Crippen molar-refractivity contribution >= 4 is 5.91 Å². The van der Waals surface area contributed by atoms with Crippen molar-refractivity contribution in [3.63, 3.8) is 0 Å². The summed E-state index contributed by atoms with van der Waals surface area (Å²) in [6.07, 6.45) is -0.903. The van der Waals surface area contributed by atoms with E-state index >= 15 is 0 Å². The van der Waals surface area contributed by atoms with Crippen molar-refractivity contribution < 1.29 is 18.0 Å². The highest BCUT2D eigenvalue weighted by Crippen LogP contribution is 2.30. The van der Waals surface area contributed by atoms with Crippen molar-refractivity contribution in [1.82, 2.24) is 14.9 Å². The minimum atomic E-state index is -4.17. The van der Waals surface area contributed by atoms with Crippen LogP contribution < -0.4 is 0 Å². The van der Waals surface area contributed by atoms with Crippen molar-refractivity contribution in [2.24, 2.45) is 5.92 Å². The van der Waals surface area contributed by atoms with Gasteiger partial charge in [0.15, 0.2) is 5.82 Å². The van der Waals surface area contributed by atoms with Gasteiger partial charge in [0.05, 0.1) is 0 Å². The minimum absolute atomic E-state index is 0.152. The molecule has 100 valence electrons. The Labute approximate surface area is 102 Å². The topological polar surface area (TPSA) is 49.0 Å². The quantitative estimate of drug-likeness (QED) is 0.887. The molecule has 1 N–H and O–H groups in total. The highest BCUT2D eigenvalue weighted by molar-refractivity contribution is 5.90. The number of amides is 1. The number of imidazole rings is 1. The Morgan fingerprint density at radius 1 is 1.56 bits per heavy atom. The van der Waals surface area contributed by atoms with Crippen molar-refractivity contribution in [3.05, 3.63) is 18.2 Å². The van der Waals surface area contributed by atoms with Crippen molar-refractivity contribution in [3.8, 4) is 0 Å².